The van der Waals surface area contributed by atoms with Crippen LogP contribution in [-0.2, 0) is 15.9 Å². The van der Waals surface area contributed by atoms with Gasteiger partial charge in [-0.2, -0.15) is 0 Å². The van der Waals surface area contributed by atoms with E-state index in [0.717, 1.165) is 36.2 Å². The van der Waals surface area contributed by atoms with Gasteiger partial charge in [0.2, 0.25) is 0 Å². The first-order valence-corrected chi connectivity index (χ1v) is 7.66. The number of methoxy groups -OCH3 is 1. The number of ether oxygens (including phenoxy) is 2. The van der Waals surface area contributed by atoms with Crippen molar-refractivity contribution in [2.45, 2.75) is 12.8 Å². The van der Waals surface area contributed by atoms with E-state index in [4.69, 9.17) is 9.47 Å². The maximum Gasteiger partial charge on any atom is 0.127 e. The molecule has 1 aromatic carbocycles. The molecule has 112 valence electrons. The van der Waals surface area contributed by atoms with Crippen LogP contribution in [0.1, 0.15) is 12.0 Å². The van der Waals surface area contributed by atoms with Crippen LogP contribution in [0.25, 0.3) is 0 Å². The van der Waals surface area contributed by atoms with Crippen LogP contribution < -0.4 is 5.32 Å². The average Bonchev–Trinajstić information content (AvgIpc) is 2.87. The second kappa shape index (κ2) is 7.50. The van der Waals surface area contributed by atoms with Gasteiger partial charge in [0, 0.05) is 36.7 Å². The van der Waals surface area contributed by atoms with Crippen LogP contribution in [0.3, 0.4) is 0 Å². The number of hydrogen-bond acceptors (Lipinski definition) is 3. The summed E-state index contributed by atoms with van der Waals surface area (Å²) < 4.78 is 25.4. The van der Waals surface area contributed by atoms with E-state index < -0.39 is 0 Å². The van der Waals surface area contributed by atoms with Gasteiger partial charge in [0.25, 0.3) is 0 Å². The highest BCUT2D eigenvalue weighted by Crippen LogP contribution is 2.33. The zero-order valence-electron chi connectivity index (χ0n) is 11.8. The molecular weight excluding hydrogens is 325 g/mol. The van der Waals surface area contributed by atoms with Gasteiger partial charge < -0.3 is 14.8 Å². The molecule has 1 fully saturated rings. The zero-order valence-corrected chi connectivity index (χ0v) is 13.3. The molecule has 2 rings (SSSR count). The van der Waals surface area contributed by atoms with E-state index >= 15 is 0 Å². The van der Waals surface area contributed by atoms with Crippen LogP contribution in [0.2, 0.25) is 0 Å². The second-order valence-corrected chi connectivity index (χ2v) is 6.30. The van der Waals surface area contributed by atoms with Crippen LogP contribution in [0, 0.1) is 11.2 Å². The monoisotopic (exact) mass is 345 g/mol. The third-order valence-corrected chi connectivity index (χ3v) is 4.24. The second-order valence-electron chi connectivity index (χ2n) is 5.38. The van der Waals surface area contributed by atoms with Gasteiger partial charge in [-0.05, 0) is 30.5 Å². The molecule has 1 unspecified atom stereocenters. The Morgan fingerprint density at radius 2 is 2.35 bits per heavy atom. The Hall–Kier alpha value is -0.490. The molecule has 1 aromatic rings. The van der Waals surface area contributed by atoms with Crippen molar-refractivity contribution in [1.82, 2.24) is 5.32 Å². The fourth-order valence-corrected chi connectivity index (χ4v) is 2.92. The molecule has 1 N–H and O–H groups in total. The van der Waals surface area contributed by atoms with Crippen molar-refractivity contribution in [3.05, 3.63) is 34.1 Å². The molecule has 0 radical (unpaired) electrons. The van der Waals surface area contributed by atoms with E-state index in [2.05, 4.69) is 21.2 Å². The summed E-state index contributed by atoms with van der Waals surface area (Å²) in [4.78, 5) is 0. The highest BCUT2D eigenvalue weighted by Gasteiger charge is 2.35. The van der Waals surface area contributed by atoms with Crippen molar-refractivity contribution in [3.8, 4) is 0 Å². The lowest BCUT2D eigenvalue weighted by Crippen LogP contribution is -2.38. The largest absolute Gasteiger partial charge is 0.383 e. The van der Waals surface area contributed by atoms with Gasteiger partial charge in [-0.3, -0.25) is 0 Å². The zero-order chi connectivity index (χ0) is 14.4. The topological polar surface area (TPSA) is 30.5 Å². The van der Waals surface area contributed by atoms with Gasteiger partial charge in [0.1, 0.15) is 5.82 Å². The molecule has 0 aromatic heterocycles. The van der Waals surface area contributed by atoms with Gasteiger partial charge >= 0.3 is 0 Å². The molecule has 1 aliphatic heterocycles. The summed E-state index contributed by atoms with van der Waals surface area (Å²) >= 11 is 3.29. The van der Waals surface area contributed by atoms with E-state index in [1.54, 1.807) is 7.11 Å². The quantitative estimate of drug-likeness (QED) is 0.771. The van der Waals surface area contributed by atoms with Crippen molar-refractivity contribution in [2.24, 2.45) is 5.41 Å². The first kappa shape index (κ1) is 15.9. The lowest BCUT2D eigenvalue weighted by atomic mass is 9.80. The Morgan fingerprint density at radius 1 is 1.50 bits per heavy atom. The van der Waals surface area contributed by atoms with Gasteiger partial charge in [0.05, 0.1) is 13.2 Å². The van der Waals surface area contributed by atoms with E-state index in [-0.39, 0.29) is 11.2 Å². The number of hydrogen-bond donors (Lipinski definition) is 1. The lowest BCUT2D eigenvalue weighted by Gasteiger charge is -2.28. The van der Waals surface area contributed by atoms with Crippen LogP contribution in [0.4, 0.5) is 4.39 Å². The Bertz CT molecular complexity index is 436. The SMILES string of the molecule is COCCNCC1(Cc2ccc(Br)cc2F)CCOC1. The number of nitrogens with one attached hydrogen (secondary N) is 1. The number of rotatable bonds is 7. The molecule has 0 saturated carbocycles. The minimum atomic E-state index is -0.150. The van der Waals surface area contributed by atoms with Crippen LogP contribution >= 0.6 is 15.9 Å². The van der Waals surface area contributed by atoms with Gasteiger partial charge in [-0.15, -0.1) is 0 Å². The van der Waals surface area contributed by atoms with E-state index in [1.807, 2.05) is 12.1 Å². The molecular formula is C15H21BrFNO2. The first-order valence-electron chi connectivity index (χ1n) is 6.87. The molecule has 20 heavy (non-hydrogen) atoms. The summed E-state index contributed by atoms with van der Waals surface area (Å²) in [6.45, 7) is 3.75. The number of benzene rings is 1. The molecule has 1 aliphatic rings. The third-order valence-electron chi connectivity index (χ3n) is 3.75. The molecule has 1 saturated heterocycles. The van der Waals surface area contributed by atoms with Crippen molar-refractivity contribution < 1.29 is 13.9 Å². The summed E-state index contributed by atoms with van der Waals surface area (Å²) in [5.41, 5.74) is 0.745. The predicted molar refractivity (Wildman–Crippen MR) is 80.4 cm³/mol. The van der Waals surface area contributed by atoms with E-state index in [0.29, 0.717) is 19.6 Å². The third kappa shape index (κ3) is 4.25. The first-order chi connectivity index (χ1) is 9.65. The van der Waals surface area contributed by atoms with Crippen molar-refractivity contribution in [1.29, 1.82) is 0 Å². The molecule has 1 atom stereocenters. The highest BCUT2D eigenvalue weighted by molar-refractivity contribution is 9.10. The Morgan fingerprint density at radius 3 is 3.00 bits per heavy atom. The van der Waals surface area contributed by atoms with Gasteiger partial charge in [-0.1, -0.05) is 22.0 Å². The molecule has 0 amide bonds. The smallest absolute Gasteiger partial charge is 0.127 e. The lowest BCUT2D eigenvalue weighted by molar-refractivity contribution is 0.144. The van der Waals surface area contributed by atoms with Gasteiger partial charge in [-0.25, -0.2) is 4.39 Å². The minimum Gasteiger partial charge on any atom is -0.383 e. The average molecular weight is 346 g/mol. The summed E-state index contributed by atoms with van der Waals surface area (Å²) in [5, 5.41) is 3.38. The molecule has 0 bridgehead atoms. The summed E-state index contributed by atoms with van der Waals surface area (Å²) in [5.74, 6) is -0.150. The molecule has 5 heteroatoms. The summed E-state index contributed by atoms with van der Waals surface area (Å²) in [6, 6.07) is 5.27. The van der Waals surface area contributed by atoms with Crippen LogP contribution in [0.5, 0.6) is 0 Å². The number of halogens is 2. The Labute approximate surface area is 128 Å². The van der Waals surface area contributed by atoms with Crippen molar-refractivity contribution >= 4 is 15.9 Å². The van der Waals surface area contributed by atoms with Crippen LogP contribution in [0.15, 0.2) is 22.7 Å². The maximum absolute atomic E-state index is 14.0. The maximum atomic E-state index is 14.0. The normalized spacial score (nSPS) is 22.4. The molecule has 0 aliphatic carbocycles. The highest BCUT2D eigenvalue weighted by atomic mass is 79.9. The van der Waals surface area contributed by atoms with Crippen molar-refractivity contribution in [3.63, 3.8) is 0 Å². The van der Waals surface area contributed by atoms with Crippen LogP contribution in [-0.4, -0.2) is 40.0 Å². The fraction of sp³-hybridized carbons (Fsp3) is 0.600. The van der Waals surface area contributed by atoms with E-state index in [9.17, 15) is 4.39 Å². The summed E-state index contributed by atoms with van der Waals surface area (Å²) in [7, 11) is 1.69. The Kier molecular flexibility index (Phi) is 5.96. The molecule has 3 nitrogen and oxygen atoms in total. The Balaban J connectivity index is 2.01. The van der Waals surface area contributed by atoms with E-state index in [1.165, 1.54) is 6.07 Å². The summed E-state index contributed by atoms with van der Waals surface area (Å²) in [6.07, 6.45) is 1.66. The minimum absolute atomic E-state index is 0.0115. The molecule has 1 heterocycles. The molecule has 0 spiro atoms. The van der Waals surface area contributed by atoms with Crippen molar-refractivity contribution in [2.75, 3.05) is 40.0 Å². The van der Waals surface area contributed by atoms with Gasteiger partial charge in [0.15, 0.2) is 0 Å². The standard InChI is InChI=1S/C15H21BrFNO2/c1-19-7-5-18-10-15(4-6-20-11-15)9-12-2-3-13(16)8-14(12)17/h2-3,8,18H,4-7,9-11H2,1H3. The predicted octanol–water partition coefficient (Wildman–Crippen LogP) is 2.77. The fourth-order valence-electron chi connectivity index (χ4n) is 2.59.